The molecule has 0 atom stereocenters. The first-order chi connectivity index (χ1) is 7.49. The molecule has 88 valence electrons. The molecule has 0 fully saturated rings. The fourth-order valence-electron chi connectivity index (χ4n) is 0.994. The van der Waals surface area contributed by atoms with E-state index < -0.39 is 6.09 Å². The van der Waals surface area contributed by atoms with Gasteiger partial charge >= 0.3 is 6.09 Å². The zero-order chi connectivity index (χ0) is 12.1. The van der Waals surface area contributed by atoms with Gasteiger partial charge in [-0.2, -0.15) is 0 Å². The van der Waals surface area contributed by atoms with E-state index in [9.17, 15) is 4.79 Å². The highest BCUT2D eigenvalue weighted by atomic mass is 35.5. The van der Waals surface area contributed by atoms with E-state index in [4.69, 9.17) is 21.4 Å². The lowest BCUT2D eigenvalue weighted by Crippen LogP contribution is -2.16. The van der Waals surface area contributed by atoms with Gasteiger partial charge in [0.1, 0.15) is 5.75 Å². The van der Waals surface area contributed by atoms with Crippen LogP contribution in [0, 0.1) is 5.92 Å². The first-order valence-electron chi connectivity index (χ1n) is 4.91. The molecule has 0 aliphatic heterocycles. The molecule has 0 aliphatic rings. The molecule has 0 bridgehead atoms. The number of phenolic OH excluding ortho intramolecular Hbond substituents is 1. The van der Waals surface area contributed by atoms with E-state index in [-0.39, 0.29) is 16.7 Å². The average molecular weight is 244 g/mol. The van der Waals surface area contributed by atoms with Crippen LogP contribution in [-0.2, 0) is 4.74 Å². The largest absolute Gasteiger partial charge is 0.508 e. The molecule has 2 N–H and O–H groups in total. The molecule has 4 nitrogen and oxygen atoms in total. The maximum atomic E-state index is 11.3. The number of aromatic hydroxyl groups is 1. The van der Waals surface area contributed by atoms with E-state index in [0.717, 1.165) is 0 Å². The van der Waals surface area contributed by atoms with Crippen molar-refractivity contribution in [3.63, 3.8) is 0 Å². The molecule has 0 saturated carbocycles. The molecule has 0 saturated heterocycles. The highest BCUT2D eigenvalue weighted by Crippen LogP contribution is 2.25. The maximum absolute atomic E-state index is 11.3. The number of nitrogens with one attached hydrogen (secondary N) is 1. The van der Waals surface area contributed by atoms with Crippen molar-refractivity contribution in [3.8, 4) is 5.75 Å². The summed E-state index contributed by atoms with van der Waals surface area (Å²) >= 11 is 5.81. The van der Waals surface area contributed by atoms with E-state index in [1.54, 1.807) is 0 Å². The molecular weight excluding hydrogens is 230 g/mol. The lowest BCUT2D eigenvalue weighted by molar-refractivity contribution is 0.147. The topological polar surface area (TPSA) is 58.6 Å². The van der Waals surface area contributed by atoms with Crippen molar-refractivity contribution in [3.05, 3.63) is 23.2 Å². The van der Waals surface area contributed by atoms with Gasteiger partial charge in [0.2, 0.25) is 0 Å². The van der Waals surface area contributed by atoms with E-state index in [0.29, 0.717) is 12.3 Å². The Hall–Kier alpha value is -1.42. The van der Waals surface area contributed by atoms with Gasteiger partial charge in [0.15, 0.2) is 0 Å². The number of carbonyl (C=O) groups excluding carboxylic acids is 1. The van der Waals surface area contributed by atoms with Crippen molar-refractivity contribution in [2.24, 2.45) is 5.92 Å². The lowest BCUT2D eigenvalue weighted by atomic mass is 10.2. The van der Waals surface area contributed by atoms with Gasteiger partial charge in [0.05, 0.1) is 17.3 Å². The van der Waals surface area contributed by atoms with Crippen molar-refractivity contribution in [2.45, 2.75) is 13.8 Å². The van der Waals surface area contributed by atoms with Crippen LogP contribution in [0.4, 0.5) is 10.5 Å². The summed E-state index contributed by atoms with van der Waals surface area (Å²) in [4.78, 5) is 11.3. The average Bonchev–Trinajstić information content (AvgIpc) is 2.19. The summed E-state index contributed by atoms with van der Waals surface area (Å²) in [7, 11) is 0. The van der Waals surface area contributed by atoms with Crippen molar-refractivity contribution >= 4 is 23.4 Å². The van der Waals surface area contributed by atoms with Crippen molar-refractivity contribution in [2.75, 3.05) is 11.9 Å². The lowest BCUT2D eigenvalue weighted by Gasteiger charge is -2.09. The molecular formula is C11H14ClNO3. The minimum Gasteiger partial charge on any atom is -0.508 e. The summed E-state index contributed by atoms with van der Waals surface area (Å²) in [6, 6.07) is 4.29. The normalized spacial score (nSPS) is 10.2. The predicted molar refractivity (Wildman–Crippen MR) is 62.9 cm³/mol. The Labute approximate surface area is 99.2 Å². The Morgan fingerprint density at radius 3 is 2.81 bits per heavy atom. The third-order valence-electron chi connectivity index (χ3n) is 1.74. The molecule has 0 aliphatic carbocycles. The monoisotopic (exact) mass is 243 g/mol. The first-order valence-corrected chi connectivity index (χ1v) is 5.29. The molecule has 0 aromatic heterocycles. The van der Waals surface area contributed by atoms with E-state index in [2.05, 4.69) is 5.32 Å². The molecule has 0 heterocycles. The van der Waals surface area contributed by atoms with Crippen molar-refractivity contribution < 1.29 is 14.6 Å². The zero-order valence-electron chi connectivity index (χ0n) is 9.16. The van der Waals surface area contributed by atoms with Crippen molar-refractivity contribution in [1.29, 1.82) is 0 Å². The SMILES string of the molecule is CC(C)COC(=O)Nc1ccc(O)cc1Cl. The highest BCUT2D eigenvalue weighted by Gasteiger charge is 2.07. The van der Waals surface area contributed by atoms with Crippen LogP contribution in [-0.4, -0.2) is 17.8 Å². The van der Waals surface area contributed by atoms with Gasteiger partial charge in [-0.15, -0.1) is 0 Å². The third-order valence-corrected chi connectivity index (χ3v) is 2.05. The minimum absolute atomic E-state index is 0.0473. The molecule has 1 aromatic carbocycles. The molecule has 0 unspecified atom stereocenters. The summed E-state index contributed by atoms with van der Waals surface area (Å²) in [6.07, 6.45) is -0.554. The quantitative estimate of drug-likeness (QED) is 0.802. The number of anilines is 1. The molecule has 1 amide bonds. The summed E-state index contributed by atoms with van der Waals surface area (Å²) < 4.78 is 4.92. The second-order valence-electron chi connectivity index (χ2n) is 3.78. The van der Waals surface area contributed by atoms with Crippen LogP contribution in [0.5, 0.6) is 5.75 Å². The maximum Gasteiger partial charge on any atom is 0.411 e. The second-order valence-corrected chi connectivity index (χ2v) is 4.19. The van der Waals surface area contributed by atoms with Gasteiger partial charge in [-0.05, 0) is 18.1 Å². The number of hydrogen-bond donors (Lipinski definition) is 2. The number of amides is 1. The Kier molecular flexibility index (Phi) is 4.43. The predicted octanol–water partition coefficient (Wildman–Crippen LogP) is 3.25. The molecule has 16 heavy (non-hydrogen) atoms. The van der Waals surface area contributed by atoms with Crippen LogP contribution in [0.15, 0.2) is 18.2 Å². The number of halogens is 1. The summed E-state index contributed by atoms with van der Waals surface area (Å²) in [5.41, 5.74) is 0.410. The van der Waals surface area contributed by atoms with Gasteiger partial charge in [-0.1, -0.05) is 25.4 Å². The van der Waals surface area contributed by atoms with E-state index in [1.807, 2.05) is 13.8 Å². The Morgan fingerprint density at radius 2 is 2.25 bits per heavy atom. The van der Waals surface area contributed by atoms with Crippen LogP contribution in [0.3, 0.4) is 0 Å². The first kappa shape index (κ1) is 12.6. The van der Waals surface area contributed by atoms with Gasteiger partial charge in [-0.25, -0.2) is 4.79 Å². The van der Waals surface area contributed by atoms with Crippen LogP contribution in [0.2, 0.25) is 5.02 Å². The van der Waals surface area contributed by atoms with Gasteiger partial charge < -0.3 is 9.84 Å². The van der Waals surface area contributed by atoms with Crippen LogP contribution < -0.4 is 5.32 Å². The molecule has 1 aromatic rings. The van der Waals surface area contributed by atoms with Crippen LogP contribution in [0.1, 0.15) is 13.8 Å². The number of ether oxygens (including phenoxy) is 1. The van der Waals surface area contributed by atoms with Gasteiger partial charge in [0.25, 0.3) is 0 Å². The van der Waals surface area contributed by atoms with Crippen LogP contribution >= 0.6 is 11.6 Å². The molecule has 1 rings (SSSR count). The molecule has 0 spiro atoms. The second kappa shape index (κ2) is 5.61. The fraction of sp³-hybridized carbons (Fsp3) is 0.364. The fourth-order valence-corrected chi connectivity index (χ4v) is 1.22. The number of benzene rings is 1. The Balaban J connectivity index is 2.56. The minimum atomic E-state index is -0.554. The van der Waals surface area contributed by atoms with Gasteiger partial charge in [0, 0.05) is 6.07 Å². The zero-order valence-corrected chi connectivity index (χ0v) is 9.91. The number of phenols is 1. The van der Waals surface area contributed by atoms with Crippen molar-refractivity contribution in [1.82, 2.24) is 0 Å². The summed E-state index contributed by atoms with van der Waals surface area (Å²) in [5.74, 6) is 0.326. The summed E-state index contributed by atoms with van der Waals surface area (Å²) in [6.45, 7) is 4.24. The third kappa shape index (κ3) is 3.98. The smallest absolute Gasteiger partial charge is 0.411 e. The number of hydrogen-bond acceptors (Lipinski definition) is 3. The van der Waals surface area contributed by atoms with Gasteiger partial charge in [-0.3, -0.25) is 5.32 Å². The number of rotatable bonds is 3. The Morgan fingerprint density at radius 1 is 1.56 bits per heavy atom. The standard InChI is InChI=1S/C11H14ClNO3/c1-7(2)6-16-11(15)13-10-4-3-8(14)5-9(10)12/h3-5,7,14H,6H2,1-2H3,(H,13,15). The molecule has 0 radical (unpaired) electrons. The number of carbonyl (C=O) groups is 1. The Bertz CT molecular complexity index is 379. The van der Waals surface area contributed by atoms with Crippen LogP contribution in [0.25, 0.3) is 0 Å². The molecule has 5 heteroatoms. The highest BCUT2D eigenvalue weighted by molar-refractivity contribution is 6.33. The summed E-state index contributed by atoms with van der Waals surface area (Å²) in [5, 5.41) is 11.9. The van der Waals surface area contributed by atoms with E-state index >= 15 is 0 Å². The van der Waals surface area contributed by atoms with E-state index in [1.165, 1.54) is 18.2 Å².